The van der Waals surface area contributed by atoms with E-state index in [4.69, 9.17) is 18.9 Å². The maximum Gasteiger partial charge on any atom is 0.341 e. The number of ether oxygens (including phenoxy) is 4. The molecule has 0 radical (unpaired) electrons. The quantitative estimate of drug-likeness (QED) is 0.255. The number of esters is 2. The Morgan fingerprint density at radius 3 is 2.38 bits per heavy atom. The number of nitrogens with zero attached hydrogens (tertiary/aromatic N) is 3. The predicted octanol–water partition coefficient (Wildman–Crippen LogP) is 4.69. The average Bonchev–Trinajstić information content (AvgIpc) is 3.59. The van der Waals surface area contributed by atoms with Crippen LogP contribution in [0.5, 0.6) is 11.5 Å². The van der Waals surface area contributed by atoms with Gasteiger partial charge >= 0.3 is 11.9 Å². The van der Waals surface area contributed by atoms with E-state index in [0.29, 0.717) is 37.7 Å². The lowest BCUT2D eigenvalue weighted by Crippen LogP contribution is -2.40. The molecular formula is C33H35N3O7S2. The number of methoxy groups -OCH3 is 3. The van der Waals surface area contributed by atoms with Gasteiger partial charge in [-0.1, -0.05) is 11.3 Å². The first-order valence-corrected chi connectivity index (χ1v) is 15.9. The van der Waals surface area contributed by atoms with E-state index in [-0.39, 0.29) is 17.7 Å². The van der Waals surface area contributed by atoms with Crippen molar-refractivity contribution in [1.82, 2.24) is 9.13 Å². The largest absolute Gasteiger partial charge is 0.497 e. The van der Waals surface area contributed by atoms with Crippen molar-refractivity contribution in [3.05, 3.63) is 93.7 Å². The summed E-state index contributed by atoms with van der Waals surface area (Å²) in [5.74, 6) is 0.0753. The third-order valence-corrected chi connectivity index (χ3v) is 10.1. The maximum atomic E-state index is 14.3. The highest BCUT2D eigenvalue weighted by atomic mass is 32.1. The highest BCUT2D eigenvalue weighted by Crippen LogP contribution is 2.38. The lowest BCUT2D eigenvalue weighted by Gasteiger charge is -2.26. The summed E-state index contributed by atoms with van der Waals surface area (Å²) in [5, 5.41) is 0.771. The summed E-state index contributed by atoms with van der Waals surface area (Å²) >= 11 is 2.76. The van der Waals surface area contributed by atoms with Crippen LogP contribution < -0.4 is 24.4 Å². The minimum absolute atomic E-state index is 0.165. The normalized spacial score (nSPS) is 14.7. The number of hydrogen-bond acceptors (Lipinski definition) is 10. The van der Waals surface area contributed by atoms with Crippen molar-refractivity contribution in [2.45, 2.75) is 47.6 Å². The second-order valence-corrected chi connectivity index (χ2v) is 12.7. The number of thiophene rings is 1. The fraction of sp³-hybridized carbons (Fsp3) is 0.333. The van der Waals surface area contributed by atoms with Crippen LogP contribution in [0.25, 0.3) is 11.1 Å². The van der Waals surface area contributed by atoms with E-state index in [1.54, 1.807) is 39.2 Å². The summed E-state index contributed by atoms with van der Waals surface area (Å²) in [7, 11) is 4.46. The van der Waals surface area contributed by atoms with Gasteiger partial charge in [0.2, 0.25) is 0 Å². The van der Waals surface area contributed by atoms with Crippen molar-refractivity contribution < 1.29 is 28.5 Å². The van der Waals surface area contributed by atoms with Gasteiger partial charge in [0.05, 0.1) is 49.3 Å². The van der Waals surface area contributed by atoms with Crippen LogP contribution >= 0.6 is 22.7 Å². The number of carbonyl (C=O) groups excluding carboxylic acids is 2. The van der Waals surface area contributed by atoms with Gasteiger partial charge in [0.25, 0.3) is 5.56 Å². The number of rotatable bonds is 8. The van der Waals surface area contributed by atoms with Crippen molar-refractivity contribution in [3.63, 3.8) is 0 Å². The number of hydrogen-bond donors (Lipinski definition) is 0. The summed E-state index contributed by atoms with van der Waals surface area (Å²) in [6.45, 7) is 11.4. The topological polar surface area (TPSA) is 110 Å². The first-order valence-electron chi connectivity index (χ1n) is 14.3. The van der Waals surface area contributed by atoms with Gasteiger partial charge < -0.3 is 23.5 Å². The molecular weight excluding hydrogens is 615 g/mol. The molecule has 236 valence electrons. The first-order chi connectivity index (χ1) is 21.5. The Balaban J connectivity index is 1.74. The SMILES string of the molecule is CCOC(=O)C1=C(C)N=c2s/c(=C\c3cc(C)n(-c4sc(C)c(C)c4C(=O)OC)c3C)c(=O)n2[C@@H]1c1cc(OC)ccc1OC. The van der Waals surface area contributed by atoms with E-state index in [1.807, 2.05) is 44.4 Å². The minimum Gasteiger partial charge on any atom is -0.497 e. The molecule has 0 aliphatic carbocycles. The van der Waals surface area contributed by atoms with E-state index < -0.39 is 18.0 Å². The zero-order chi connectivity index (χ0) is 32.7. The summed E-state index contributed by atoms with van der Waals surface area (Å²) in [6, 6.07) is 6.38. The van der Waals surface area contributed by atoms with Gasteiger partial charge in [0, 0.05) is 21.8 Å². The molecule has 1 aliphatic heterocycles. The molecule has 3 aromatic heterocycles. The van der Waals surface area contributed by atoms with Crippen LogP contribution in [0, 0.1) is 27.7 Å². The van der Waals surface area contributed by atoms with E-state index >= 15 is 0 Å². The molecule has 0 N–H and O–H groups in total. The van der Waals surface area contributed by atoms with Gasteiger partial charge in [0.1, 0.15) is 22.5 Å². The lowest BCUT2D eigenvalue weighted by atomic mass is 9.94. The zero-order valence-electron chi connectivity index (χ0n) is 26.7. The van der Waals surface area contributed by atoms with Gasteiger partial charge in [-0.2, -0.15) is 0 Å². The Morgan fingerprint density at radius 1 is 1.00 bits per heavy atom. The Hall–Kier alpha value is -4.42. The van der Waals surface area contributed by atoms with Crippen molar-refractivity contribution in [2.75, 3.05) is 27.9 Å². The number of aryl methyl sites for hydroxylation is 2. The third-order valence-electron chi connectivity index (χ3n) is 7.96. The van der Waals surface area contributed by atoms with E-state index in [1.165, 1.54) is 41.5 Å². The number of benzene rings is 1. The molecule has 45 heavy (non-hydrogen) atoms. The van der Waals surface area contributed by atoms with Gasteiger partial charge in [-0.15, -0.1) is 11.3 Å². The van der Waals surface area contributed by atoms with Crippen LogP contribution in [-0.2, 0) is 14.3 Å². The third kappa shape index (κ3) is 5.42. The Bertz CT molecular complexity index is 2060. The van der Waals surface area contributed by atoms with Crippen molar-refractivity contribution >= 4 is 40.7 Å². The average molecular weight is 650 g/mol. The molecule has 12 heteroatoms. The fourth-order valence-electron chi connectivity index (χ4n) is 5.64. The number of allylic oxidation sites excluding steroid dienone is 1. The van der Waals surface area contributed by atoms with E-state index in [2.05, 4.69) is 4.99 Å². The molecule has 10 nitrogen and oxygen atoms in total. The molecule has 0 spiro atoms. The van der Waals surface area contributed by atoms with Crippen molar-refractivity contribution in [2.24, 2.45) is 4.99 Å². The van der Waals surface area contributed by atoms with E-state index in [9.17, 15) is 14.4 Å². The Kier molecular flexibility index (Phi) is 8.90. The van der Waals surface area contributed by atoms with Gasteiger partial charge in [-0.3, -0.25) is 9.36 Å². The van der Waals surface area contributed by atoms with Crippen molar-refractivity contribution in [1.29, 1.82) is 0 Å². The molecule has 0 amide bonds. The highest BCUT2D eigenvalue weighted by molar-refractivity contribution is 7.15. The molecule has 0 saturated carbocycles. The van der Waals surface area contributed by atoms with Crippen LogP contribution in [0.4, 0.5) is 0 Å². The number of carbonyl (C=O) groups is 2. The lowest BCUT2D eigenvalue weighted by molar-refractivity contribution is -0.139. The van der Waals surface area contributed by atoms with Gasteiger partial charge in [-0.05, 0) is 83.0 Å². The first kappa shape index (κ1) is 32.0. The summed E-state index contributed by atoms with van der Waals surface area (Å²) in [4.78, 5) is 46.5. The summed E-state index contributed by atoms with van der Waals surface area (Å²) in [6.07, 6.45) is 1.83. The minimum atomic E-state index is -0.861. The molecule has 4 aromatic rings. The predicted molar refractivity (Wildman–Crippen MR) is 174 cm³/mol. The molecule has 5 rings (SSSR count). The standard InChI is InChI=1S/C33H35N3O7S2/c1-10-43-32(39)27-18(4)34-33-36(28(27)23-15-22(40-7)11-12-24(23)41-8)29(37)25(45-33)14-21-13-16(2)35(19(21)5)30-26(31(38)42-9)17(3)20(6)44-30/h11-15,28H,10H2,1-9H3/b25-14-/t28-/m1/s1. The van der Waals surface area contributed by atoms with Crippen LogP contribution in [-0.4, -0.2) is 49.0 Å². The molecule has 0 unspecified atom stereocenters. The molecule has 0 bridgehead atoms. The second-order valence-electron chi connectivity index (χ2n) is 10.5. The maximum absolute atomic E-state index is 14.3. The fourth-order valence-corrected chi connectivity index (χ4v) is 7.93. The Labute approximate surface area is 268 Å². The summed E-state index contributed by atoms with van der Waals surface area (Å²) in [5.41, 5.74) is 4.94. The number of thiazole rings is 1. The smallest absolute Gasteiger partial charge is 0.341 e. The van der Waals surface area contributed by atoms with Crippen LogP contribution in [0.3, 0.4) is 0 Å². The van der Waals surface area contributed by atoms with Crippen molar-refractivity contribution in [3.8, 4) is 16.5 Å². The van der Waals surface area contributed by atoms with E-state index in [0.717, 1.165) is 32.4 Å². The van der Waals surface area contributed by atoms with Gasteiger partial charge in [0.15, 0.2) is 4.80 Å². The molecule has 1 atom stereocenters. The molecule has 1 aromatic carbocycles. The molecule has 0 saturated heterocycles. The second kappa shape index (κ2) is 12.5. The van der Waals surface area contributed by atoms with Crippen LogP contribution in [0.2, 0.25) is 0 Å². The highest BCUT2D eigenvalue weighted by Gasteiger charge is 2.35. The monoisotopic (exact) mass is 649 g/mol. The van der Waals surface area contributed by atoms with Gasteiger partial charge in [-0.25, -0.2) is 14.6 Å². The zero-order valence-corrected chi connectivity index (χ0v) is 28.3. The molecule has 1 aliphatic rings. The van der Waals surface area contributed by atoms with Crippen LogP contribution in [0.15, 0.2) is 45.3 Å². The molecule has 0 fully saturated rings. The number of fused-ring (bicyclic) bond motifs is 1. The molecule has 4 heterocycles. The Morgan fingerprint density at radius 2 is 1.73 bits per heavy atom. The summed E-state index contributed by atoms with van der Waals surface area (Å²) < 4.78 is 25.7. The number of aromatic nitrogens is 2. The van der Waals surface area contributed by atoms with Crippen LogP contribution in [0.1, 0.15) is 63.2 Å².